The summed E-state index contributed by atoms with van der Waals surface area (Å²) in [7, 11) is 1.84. The number of fused-ring (bicyclic) bond motifs is 1. The number of aliphatic hydroxyl groups is 1. The fourth-order valence-corrected chi connectivity index (χ4v) is 8.06. The van der Waals surface area contributed by atoms with Crippen molar-refractivity contribution in [3.8, 4) is 10.4 Å². The molecule has 0 unspecified atom stereocenters. The van der Waals surface area contributed by atoms with Gasteiger partial charge >= 0.3 is 0 Å². The molecule has 0 spiro atoms. The first-order valence-electron chi connectivity index (χ1n) is 15.8. The number of aryl methyl sites for hydroxylation is 1. The normalized spacial score (nSPS) is 19.6. The third-order valence-electron chi connectivity index (χ3n) is 9.57. The van der Waals surface area contributed by atoms with Gasteiger partial charge in [-0.1, -0.05) is 41.9 Å². The molecule has 4 aromatic heterocycles. The highest BCUT2D eigenvalue weighted by Crippen LogP contribution is 2.37. The van der Waals surface area contributed by atoms with Gasteiger partial charge in [0.1, 0.15) is 12.0 Å². The monoisotopic (exact) mass is 670 g/mol. The number of thiophene rings is 1. The number of carbonyl (C=O) groups is 2. The van der Waals surface area contributed by atoms with Crippen molar-refractivity contribution >= 4 is 45.8 Å². The minimum Gasteiger partial charge on any atom is -0.388 e. The molecular formula is C35H35ClN6O4S. The Hall–Kier alpha value is -4.32. The molecule has 0 radical (unpaired) electrons. The molecule has 6 heterocycles. The molecule has 242 valence electrons. The van der Waals surface area contributed by atoms with E-state index >= 15 is 0 Å². The third kappa shape index (κ3) is 6.22. The second kappa shape index (κ2) is 12.7. The molecule has 2 fully saturated rings. The number of hydrogen-bond acceptors (Lipinski definition) is 7. The lowest BCUT2D eigenvalue weighted by Gasteiger charge is -2.43. The van der Waals surface area contributed by atoms with Crippen molar-refractivity contribution in [3.63, 3.8) is 0 Å². The molecule has 5 aromatic rings. The molecule has 10 nitrogen and oxygen atoms in total. The summed E-state index contributed by atoms with van der Waals surface area (Å²) in [4.78, 5) is 54.7. The van der Waals surface area contributed by atoms with Gasteiger partial charge in [-0.15, -0.1) is 11.3 Å². The van der Waals surface area contributed by atoms with E-state index in [4.69, 9.17) is 11.6 Å². The molecular weight excluding hydrogens is 636 g/mol. The highest BCUT2D eigenvalue weighted by atomic mass is 35.5. The van der Waals surface area contributed by atoms with Crippen LogP contribution in [0.15, 0.2) is 84.3 Å². The van der Waals surface area contributed by atoms with E-state index in [9.17, 15) is 19.5 Å². The Kier molecular flexibility index (Phi) is 8.46. The van der Waals surface area contributed by atoms with Crippen molar-refractivity contribution in [2.24, 2.45) is 13.0 Å². The average Bonchev–Trinajstić information content (AvgIpc) is 3.74. The van der Waals surface area contributed by atoms with E-state index in [0.29, 0.717) is 66.4 Å². The van der Waals surface area contributed by atoms with E-state index in [1.807, 2.05) is 65.4 Å². The van der Waals surface area contributed by atoms with Gasteiger partial charge in [-0.25, -0.2) is 4.98 Å². The second-order valence-corrected chi connectivity index (χ2v) is 14.1. The largest absolute Gasteiger partial charge is 0.388 e. The van der Waals surface area contributed by atoms with Crippen LogP contribution in [0.5, 0.6) is 0 Å². The summed E-state index contributed by atoms with van der Waals surface area (Å²) in [6, 6.07) is 17.3. The van der Waals surface area contributed by atoms with Crippen LogP contribution in [0.3, 0.4) is 0 Å². The van der Waals surface area contributed by atoms with E-state index in [1.54, 1.807) is 29.2 Å². The SMILES string of the molecule is Cn1ccc2c(=O)n(CC3(O)CCN(C(=O)[C@@H]4CCN(C(=O)c5ccc(-c6cncc(Cl)c6)s5)C[C@H]4c4ccccc4)CC3)cnc21. The van der Waals surface area contributed by atoms with Crippen molar-refractivity contribution in [2.45, 2.75) is 37.3 Å². The molecule has 2 amide bonds. The maximum Gasteiger partial charge on any atom is 0.263 e. The number of nitrogens with zero attached hydrogens (tertiary/aromatic N) is 6. The van der Waals surface area contributed by atoms with Gasteiger partial charge < -0.3 is 19.5 Å². The first-order chi connectivity index (χ1) is 22.7. The number of likely N-dealkylation sites (tertiary alicyclic amines) is 2. The number of pyridine rings is 1. The van der Waals surface area contributed by atoms with E-state index in [2.05, 4.69) is 9.97 Å². The number of carbonyl (C=O) groups excluding carboxylic acids is 2. The molecule has 0 saturated carbocycles. The zero-order chi connectivity index (χ0) is 32.7. The Labute approximate surface area is 280 Å². The quantitative estimate of drug-likeness (QED) is 0.278. The van der Waals surface area contributed by atoms with Gasteiger partial charge in [0.05, 0.1) is 27.4 Å². The molecule has 1 aromatic carbocycles. The zero-order valence-corrected chi connectivity index (χ0v) is 27.5. The minimum absolute atomic E-state index is 0.0457. The molecule has 2 atom stereocenters. The van der Waals surface area contributed by atoms with Crippen LogP contribution < -0.4 is 5.56 Å². The van der Waals surface area contributed by atoms with Crippen molar-refractivity contribution in [1.29, 1.82) is 0 Å². The first-order valence-corrected chi connectivity index (χ1v) is 17.0. The summed E-state index contributed by atoms with van der Waals surface area (Å²) < 4.78 is 3.27. The Morgan fingerprint density at radius 1 is 1.04 bits per heavy atom. The summed E-state index contributed by atoms with van der Waals surface area (Å²) in [5.74, 6) is -0.466. The highest BCUT2D eigenvalue weighted by molar-refractivity contribution is 7.17. The fourth-order valence-electron chi connectivity index (χ4n) is 6.93. The van der Waals surface area contributed by atoms with Gasteiger partial charge in [-0.2, -0.15) is 0 Å². The molecule has 0 bridgehead atoms. The minimum atomic E-state index is -1.12. The van der Waals surface area contributed by atoms with Gasteiger partial charge in [0.2, 0.25) is 5.91 Å². The first kappa shape index (κ1) is 31.3. The van der Waals surface area contributed by atoms with Gasteiger partial charge in [0.15, 0.2) is 0 Å². The molecule has 2 saturated heterocycles. The lowest BCUT2D eigenvalue weighted by atomic mass is 9.79. The van der Waals surface area contributed by atoms with Gasteiger partial charge in [-0.05, 0) is 49.1 Å². The van der Waals surface area contributed by atoms with Crippen molar-refractivity contribution in [1.82, 2.24) is 28.9 Å². The second-order valence-electron chi connectivity index (χ2n) is 12.6. The number of aromatic nitrogens is 4. The Bertz CT molecular complexity index is 2000. The van der Waals surface area contributed by atoms with Crippen molar-refractivity contribution < 1.29 is 14.7 Å². The van der Waals surface area contributed by atoms with Crippen LogP contribution in [0.4, 0.5) is 0 Å². The molecule has 2 aliphatic rings. The third-order valence-corrected chi connectivity index (χ3v) is 10.9. The predicted octanol–water partition coefficient (Wildman–Crippen LogP) is 4.81. The molecule has 12 heteroatoms. The molecule has 2 aliphatic heterocycles. The lowest BCUT2D eigenvalue weighted by molar-refractivity contribution is -0.142. The summed E-state index contributed by atoms with van der Waals surface area (Å²) in [6.45, 7) is 1.81. The van der Waals surface area contributed by atoms with Gasteiger partial charge in [0, 0.05) is 74.1 Å². The predicted molar refractivity (Wildman–Crippen MR) is 181 cm³/mol. The fraction of sp³-hybridized carbons (Fsp3) is 0.343. The molecule has 47 heavy (non-hydrogen) atoms. The van der Waals surface area contributed by atoms with Crippen LogP contribution in [0.2, 0.25) is 5.02 Å². The van der Waals surface area contributed by atoms with Crippen LogP contribution in [0, 0.1) is 5.92 Å². The molecule has 1 N–H and O–H groups in total. The topological polar surface area (TPSA) is 114 Å². The zero-order valence-electron chi connectivity index (χ0n) is 26.0. The number of halogens is 1. The van der Waals surface area contributed by atoms with E-state index < -0.39 is 5.60 Å². The van der Waals surface area contributed by atoms with Gasteiger partial charge in [-0.3, -0.25) is 23.9 Å². The number of rotatable bonds is 6. The lowest BCUT2D eigenvalue weighted by Crippen LogP contribution is -2.53. The van der Waals surface area contributed by atoms with Crippen LogP contribution in [-0.4, -0.2) is 77.6 Å². The average molecular weight is 671 g/mol. The highest BCUT2D eigenvalue weighted by Gasteiger charge is 2.42. The van der Waals surface area contributed by atoms with Crippen molar-refractivity contribution in [3.05, 3.63) is 105 Å². The smallest absolute Gasteiger partial charge is 0.263 e. The summed E-state index contributed by atoms with van der Waals surface area (Å²) in [5.41, 5.74) is 1.18. The van der Waals surface area contributed by atoms with Crippen LogP contribution in [0.1, 0.15) is 40.4 Å². The summed E-state index contributed by atoms with van der Waals surface area (Å²) >= 11 is 7.55. The maximum absolute atomic E-state index is 14.1. The number of benzene rings is 1. The number of hydrogen-bond donors (Lipinski definition) is 1. The van der Waals surface area contributed by atoms with Crippen LogP contribution in [-0.2, 0) is 18.4 Å². The van der Waals surface area contributed by atoms with E-state index in [-0.39, 0.29) is 35.8 Å². The Morgan fingerprint density at radius 3 is 2.60 bits per heavy atom. The molecule has 0 aliphatic carbocycles. The van der Waals surface area contributed by atoms with Crippen molar-refractivity contribution in [2.75, 3.05) is 26.2 Å². The standard InChI is InChI=1S/C35H35ClN6O4S/c1-39-13-9-27-31(39)38-22-42(33(27)44)21-35(46)11-15-40(16-12-35)32(43)26-10-14-41(20-28(26)23-5-3-2-4-6-23)34(45)30-8-7-29(47-30)24-17-25(36)19-37-18-24/h2-9,13,17-19,22,26,28,46H,10-12,14-16,20-21H2,1H3/t26-,28+/m1/s1. The summed E-state index contributed by atoms with van der Waals surface area (Å²) in [6.07, 6.45) is 7.85. The van der Waals surface area contributed by atoms with Crippen LogP contribution in [0.25, 0.3) is 21.5 Å². The molecule has 7 rings (SSSR count). The van der Waals surface area contributed by atoms with Gasteiger partial charge in [0.25, 0.3) is 11.5 Å². The summed E-state index contributed by atoms with van der Waals surface area (Å²) in [5, 5.41) is 12.5. The number of piperidine rings is 2. The van der Waals surface area contributed by atoms with Crippen LogP contribution >= 0.6 is 22.9 Å². The maximum atomic E-state index is 14.1. The number of amides is 2. The Morgan fingerprint density at radius 2 is 1.83 bits per heavy atom. The van der Waals surface area contributed by atoms with E-state index in [0.717, 1.165) is 16.0 Å². The Balaban J connectivity index is 1.04. The van der Waals surface area contributed by atoms with E-state index in [1.165, 1.54) is 22.2 Å².